The van der Waals surface area contributed by atoms with Gasteiger partial charge in [0, 0.05) is 24.8 Å². The van der Waals surface area contributed by atoms with Gasteiger partial charge in [-0.1, -0.05) is 18.2 Å². The molecule has 0 unspecified atom stereocenters. The Balaban J connectivity index is 2.05. The molecule has 4 nitrogen and oxygen atoms in total. The Morgan fingerprint density at radius 2 is 2.32 bits per heavy atom. The summed E-state index contributed by atoms with van der Waals surface area (Å²) in [6.45, 7) is 10.1. The lowest BCUT2D eigenvalue weighted by Crippen LogP contribution is -2.45. The van der Waals surface area contributed by atoms with Crippen LogP contribution in [0.2, 0.25) is 0 Å². The van der Waals surface area contributed by atoms with Crippen LogP contribution in [0.25, 0.3) is 0 Å². The second-order valence-corrected chi connectivity index (χ2v) is 4.71. The molecular formula is C15H21N3O. The number of rotatable bonds is 5. The zero-order chi connectivity index (χ0) is 13.7. The molecule has 1 fully saturated rings. The van der Waals surface area contributed by atoms with Crippen LogP contribution < -0.4 is 5.73 Å². The maximum atomic E-state index is 5.90. The van der Waals surface area contributed by atoms with E-state index < -0.39 is 0 Å². The molecule has 0 aliphatic carbocycles. The zero-order valence-electron chi connectivity index (χ0n) is 11.2. The van der Waals surface area contributed by atoms with Crippen molar-refractivity contribution in [3.8, 4) is 0 Å². The van der Waals surface area contributed by atoms with E-state index in [0.29, 0.717) is 12.4 Å². The Hall–Kier alpha value is -1.65. The van der Waals surface area contributed by atoms with E-state index in [1.165, 1.54) is 0 Å². The van der Waals surface area contributed by atoms with E-state index in [1.54, 1.807) is 6.20 Å². The van der Waals surface area contributed by atoms with Crippen LogP contribution in [0.15, 0.2) is 43.6 Å². The maximum absolute atomic E-state index is 5.90. The average Bonchev–Trinajstić information content (AvgIpc) is 2.45. The van der Waals surface area contributed by atoms with Crippen molar-refractivity contribution in [2.75, 3.05) is 25.4 Å². The number of aromatic nitrogens is 1. The van der Waals surface area contributed by atoms with E-state index in [2.05, 4.69) is 23.0 Å². The molecule has 2 rings (SSSR count). The van der Waals surface area contributed by atoms with E-state index in [-0.39, 0.29) is 12.1 Å². The fourth-order valence-electron chi connectivity index (χ4n) is 2.26. The molecule has 1 aromatic heterocycles. The largest absolute Gasteiger partial charge is 0.384 e. The summed E-state index contributed by atoms with van der Waals surface area (Å²) in [6.07, 6.45) is 6.70. The maximum Gasteiger partial charge on any atom is 0.123 e. The predicted octanol–water partition coefficient (Wildman–Crippen LogP) is 2.17. The first kappa shape index (κ1) is 13.8. The summed E-state index contributed by atoms with van der Waals surface area (Å²) in [5.74, 6) is 0.534. The van der Waals surface area contributed by atoms with Crippen molar-refractivity contribution >= 4 is 5.82 Å². The molecule has 0 spiro atoms. The lowest BCUT2D eigenvalue weighted by molar-refractivity contribution is -0.0511. The molecule has 1 aliphatic rings. The molecule has 2 heterocycles. The van der Waals surface area contributed by atoms with E-state index in [9.17, 15) is 0 Å². The highest BCUT2D eigenvalue weighted by molar-refractivity contribution is 5.30. The number of anilines is 1. The topological polar surface area (TPSA) is 51.4 Å². The fraction of sp³-hybridized carbons (Fsp3) is 0.400. The third-order valence-corrected chi connectivity index (χ3v) is 3.41. The minimum Gasteiger partial charge on any atom is -0.384 e. The van der Waals surface area contributed by atoms with Gasteiger partial charge in [-0.2, -0.15) is 0 Å². The summed E-state index contributed by atoms with van der Waals surface area (Å²) < 4.78 is 5.90. The molecule has 0 radical (unpaired) electrons. The first-order valence-corrected chi connectivity index (χ1v) is 6.55. The standard InChI is InChI=1S/C15H21N3O/c1-3-5-8-18-10-14(19-11-13(18)4-2)12-6-7-15(16)17-9-12/h3-4,6-7,9,13-14H,1-2,5,8,10-11H2,(H2,16,17)/t13-,14-/m0/s1. The molecule has 0 aromatic carbocycles. The summed E-state index contributed by atoms with van der Waals surface area (Å²) >= 11 is 0. The van der Waals surface area contributed by atoms with E-state index in [1.807, 2.05) is 24.3 Å². The number of nitrogens with two attached hydrogens (primary N) is 1. The van der Waals surface area contributed by atoms with Crippen molar-refractivity contribution in [1.82, 2.24) is 9.88 Å². The smallest absolute Gasteiger partial charge is 0.123 e. The molecule has 0 amide bonds. The molecule has 0 saturated carbocycles. The van der Waals surface area contributed by atoms with Crippen LogP contribution >= 0.6 is 0 Å². The fourth-order valence-corrected chi connectivity index (χ4v) is 2.26. The second-order valence-electron chi connectivity index (χ2n) is 4.71. The van der Waals surface area contributed by atoms with Crippen molar-refractivity contribution < 1.29 is 4.74 Å². The average molecular weight is 259 g/mol. The first-order valence-electron chi connectivity index (χ1n) is 6.55. The normalized spacial score (nSPS) is 24.0. The molecule has 1 aromatic rings. The van der Waals surface area contributed by atoms with Crippen molar-refractivity contribution in [1.29, 1.82) is 0 Å². The van der Waals surface area contributed by atoms with Gasteiger partial charge in [-0.3, -0.25) is 4.90 Å². The monoisotopic (exact) mass is 259 g/mol. The van der Waals surface area contributed by atoms with Crippen LogP contribution in [0.3, 0.4) is 0 Å². The van der Waals surface area contributed by atoms with E-state index in [0.717, 1.165) is 25.1 Å². The van der Waals surface area contributed by atoms with Gasteiger partial charge in [-0.15, -0.1) is 13.2 Å². The van der Waals surface area contributed by atoms with Crippen LogP contribution in [-0.2, 0) is 4.74 Å². The van der Waals surface area contributed by atoms with Crippen LogP contribution in [0.4, 0.5) is 5.82 Å². The molecule has 19 heavy (non-hydrogen) atoms. The highest BCUT2D eigenvalue weighted by Gasteiger charge is 2.27. The minimum absolute atomic E-state index is 0.0501. The van der Waals surface area contributed by atoms with Crippen molar-refractivity contribution in [3.05, 3.63) is 49.2 Å². The Kier molecular flexibility index (Phi) is 4.71. The summed E-state index contributed by atoms with van der Waals surface area (Å²) in [6, 6.07) is 4.07. The highest BCUT2D eigenvalue weighted by Crippen LogP contribution is 2.25. The van der Waals surface area contributed by atoms with Gasteiger partial charge in [-0.25, -0.2) is 4.98 Å². The number of ether oxygens (including phenoxy) is 1. The highest BCUT2D eigenvalue weighted by atomic mass is 16.5. The second kappa shape index (κ2) is 6.50. The van der Waals surface area contributed by atoms with Crippen LogP contribution in [0.1, 0.15) is 18.1 Å². The van der Waals surface area contributed by atoms with Crippen LogP contribution in [-0.4, -0.2) is 35.6 Å². The van der Waals surface area contributed by atoms with Crippen LogP contribution in [0.5, 0.6) is 0 Å². The Labute approximate surface area is 114 Å². The van der Waals surface area contributed by atoms with Crippen molar-refractivity contribution in [2.45, 2.75) is 18.6 Å². The Morgan fingerprint density at radius 3 is 2.95 bits per heavy atom. The number of morpholine rings is 1. The molecule has 1 saturated heterocycles. The molecule has 0 bridgehead atoms. The van der Waals surface area contributed by atoms with Crippen molar-refractivity contribution in [3.63, 3.8) is 0 Å². The van der Waals surface area contributed by atoms with Gasteiger partial charge in [0.1, 0.15) is 5.82 Å². The summed E-state index contributed by atoms with van der Waals surface area (Å²) in [5.41, 5.74) is 6.68. The van der Waals surface area contributed by atoms with Crippen molar-refractivity contribution in [2.24, 2.45) is 0 Å². The van der Waals surface area contributed by atoms with Gasteiger partial charge in [0.15, 0.2) is 0 Å². The predicted molar refractivity (Wildman–Crippen MR) is 77.7 cm³/mol. The molecule has 2 atom stereocenters. The number of pyridine rings is 1. The molecule has 4 heteroatoms. The van der Waals surface area contributed by atoms with E-state index >= 15 is 0 Å². The minimum atomic E-state index is 0.0501. The molecule has 1 aliphatic heterocycles. The van der Waals surface area contributed by atoms with Gasteiger partial charge >= 0.3 is 0 Å². The lowest BCUT2D eigenvalue weighted by atomic mass is 10.1. The number of nitrogen functional groups attached to an aromatic ring is 1. The van der Waals surface area contributed by atoms with Gasteiger partial charge in [0.25, 0.3) is 0 Å². The van der Waals surface area contributed by atoms with Crippen LogP contribution in [0, 0.1) is 0 Å². The zero-order valence-corrected chi connectivity index (χ0v) is 11.2. The van der Waals surface area contributed by atoms with Gasteiger partial charge in [0.05, 0.1) is 18.8 Å². The third kappa shape index (κ3) is 3.43. The molecular weight excluding hydrogens is 238 g/mol. The van der Waals surface area contributed by atoms with E-state index in [4.69, 9.17) is 10.5 Å². The number of hydrogen-bond acceptors (Lipinski definition) is 4. The number of nitrogens with zero attached hydrogens (tertiary/aromatic N) is 2. The third-order valence-electron chi connectivity index (χ3n) is 3.41. The SMILES string of the molecule is C=CCCN1C[C@@H](c2ccc(N)nc2)OC[C@@H]1C=C. The molecule has 102 valence electrons. The Morgan fingerprint density at radius 1 is 1.47 bits per heavy atom. The lowest BCUT2D eigenvalue weighted by Gasteiger charge is -2.38. The van der Waals surface area contributed by atoms with Gasteiger partial charge in [0.2, 0.25) is 0 Å². The molecule has 2 N–H and O–H groups in total. The summed E-state index contributed by atoms with van der Waals surface area (Å²) in [5, 5.41) is 0. The number of hydrogen-bond donors (Lipinski definition) is 1. The summed E-state index contributed by atoms with van der Waals surface area (Å²) in [4.78, 5) is 6.50. The quantitative estimate of drug-likeness (QED) is 0.823. The first-order chi connectivity index (χ1) is 9.24. The van der Waals surface area contributed by atoms with Gasteiger partial charge < -0.3 is 10.5 Å². The summed E-state index contributed by atoms with van der Waals surface area (Å²) in [7, 11) is 0. The van der Waals surface area contributed by atoms with Gasteiger partial charge in [-0.05, 0) is 12.5 Å². The Bertz CT molecular complexity index is 430.